The molecule has 0 fully saturated rings. The lowest BCUT2D eigenvalue weighted by Crippen LogP contribution is -2.31. The molecular weight excluding hydrogens is 574 g/mol. The number of halogens is 1. The Kier molecular flexibility index (Phi) is 11.0. The number of benzene rings is 2. The van der Waals surface area contributed by atoms with Crippen LogP contribution in [0.5, 0.6) is 11.5 Å². The fraction of sp³-hybridized carbons (Fsp3) is 0.516. The smallest absolute Gasteiger partial charge is 0.255 e. The van der Waals surface area contributed by atoms with Crippen LogP contribution in [0.4, 0.5) is 0 Å². The monoisotopic (exact) mass is 617 g/mol. The molecule has 0 unspecified atom stereocenters. The maximum absolute atomic E-state index is 13.6. The number of carbonyl (C=O) groups is 2. The number of ketones is 1. The average molecular weight is 619 g/mol. The first-order valence-corrected chi connectivity index (χ1v) is 13.5. The second kappa shape index (κ2) is 13.2. The first-order valence-electron chi connectivity index (χ1n) is 13.5. The lowest BCUT2D eigenvalue weighted by Gasteiger charge is -2.28. The summed E-state index contributed by atoms with van der Waals surface area (Å²) in [6.07, 6.45) is 0.688. The van der Waals surface area contributed by atoms with Gasteiger partial charge in [-0.3, -0.25) is 15.0 Å². The summed E-state index contributed by atoms with van der Waals surface area (Å²) in [7, 11) is 1.62. The number of nitrogens with zero attached hydrogens (tertiary/aromatic N) is 1. The number of phenolic OH excluding ortho intramolecular Hbond substituents is 1. The van der Waals surface area contributed by atoms with Crippen molar-refractivity contribution in [1.29, 1.82) is 5.41 Å². The highest BCUT2D eigenvalue weighted by molar-refractivity contribution is 8.93. The zero-order valence-corrected chi connectivity index (χ0v) is 26.7. The predicted octanol–water partition coefficient (Wildman–Crippen LogP) is 5.75. The number of ether oxygens (including phenoxy) is 2. The molecule has 1 aliphatic rings. The van der Waals surface area contributed by atoms with E-state index in [-0.39, 0.29) is 57.6 Å². The molecule has 0 bridgehead atoms. The number of amidine groups is 1. The van der Waals surface area contributed by atoms with Crippen LogP contribution in [0.3, 0.4) is 0 Å². The van der Waals surface area contributed by atoms with E-state index in [0.29, 0.717) is 55.2 Å². The van der Waals surface area contributed by atoms with Gasteiger partial charge in [0.2, 0.25) is 0 Å². The van der Waals surface area contributed by atoms with Gasteiger partial charge >= 0.3 is 0 Å². The van der Waals surface area contributed by atoms with Crippen LogP contribution in [0.15, 0.2) is 24.3 Å². The van der Waals surface area contributed by atoms with E-state index in [4.69, 9.17) is 14.9 Å². The lowest BCUT2D eigenvalue weighted by molar-refractivity contribution is 0.0941. The Balaban J connectivity index is 0.00000560. The summed E-state index contributed by atoms with van der Waals surface area (Å²) in [4.78, 5) is 28.2. The van der Waals surface area contributed by atoms with Gasteiger partial charge in [0.15, 0.2) is 5.78 Å². The van der Waals surface area contributed by atoms with E-state index < -0.39 is 0 Å². The van der Waals surface area contributed by atoms with E-state index in [2.05, 4.69) is 5.32 Å². The number of fused-ring (bicyclic) bond motifs is 1. The molecule has 40 heavy (non-hydrogen) atoms. The fourth-order valence-corrected chi connectivity index (χ4v) is 4.73. The molecule has 0 atom stereocenters. The van der Waals surface area contributed by atoms with Crippen LogP contribution >= 0.6 is 17.0 Å². The molecule has 9 heteroatoms. The summed E-state index contributed by atoms with van der Waals surface area (Å²) in [5.41, 5.74) is 3.07. The van der Waals surface area contributed by atoms with Crippen molar-refractivity contribution in [2.45, 2.75) is 72.3 Å². The van der Waals surface area contributed by atoms with Crippen molar-refractivity contribution in [2.24, 2.45) is 0 Å². The SMILES string of the molecule is Br.CCOc1cc2c(cc1C(=O)NCCCOC)C(=N)N(CC(=O)c1cc(C(C)(C)C)c(O)c(C(C)(C)C)c1)C2. The maximum Gasteiger partial charge on any atom is 0.255 e. The van der Waals surface area contributed by atoms with Crippen molar-refractivity contribution < 1.29 is 24.2 Å². The molecule has 1 heterocycles. The number of methoxy groups -OCH3 is 1. The van der Waals surface area contributed by atoms with Gasteiger partial charge in [0.1, 0.15) is 17.3 Å². The molecular formula is C31H44BrN3O5. The molecule has 220 valence electrons. The minimum Gasteiger partial charge on any atom is -0.507 e. The Hall–Kier alpha value is -2.91. The van der Waals surface area contributed by atoms with Crippen LogP contribution in [-0.4, -0.2) is 60.9 Å². The van der Waals surface area contributed by atoms with E-state index in [1.54, 1.807) is 36.3 Å². The van der Waals surface area contributed by atoms with Gasteiger partial charge < -0.3 is 24.8 Å². The quantitative estimate of drug-likeness (QED) is 0.231. The van der Waals surface area contributed by atoms with Gasteiger partial charge in [0, 0.05) is 49.1 Å². The van der Waals surface area contributed by atoms with Gasteiger partial charge in [0.05, 0.1) is 18.7 Å². The summed E-state index contributed by atoms with van der Waals surface area (Å²) in [6, 6.07) is 7.05. The van der Waals surface area contributed by atoms with Crippen molar-refractivity contribution in [3.63, 3.8) is 0 Å². The number of phenols is 1. The number of aromatic hydroxyl groups is 1. The van der Waals surface area contributed by atoms with Gasteiger partial charge in [-0.2, -0.15) is 0 Å². The molecule has 2 aromatic rings. The third-order valence-electron chi connectivity index (χ3n) is 6.88. The van der Waals surface area contributed by atoms with E-state index in [0.717, 1.165) is 16.7 Å². The molecule has 3 rings (SSSR count). The number of amides is 1. The van der Waals surface area contributed by atoms with Crippen molar-refractivity contribution >= 4 is 34.5 Å². The van der Waals surface area contributed by atoms with E-state index in [1.807, 2.05) is 48.5 Å². The Bertz CT molecular complexity index is 1230. The van der Waals surface area contributed by atoms with Gasteiger partial charge in [0.25, 0.3) is 5.91 Å². The third-order valence-corrected chi connectivity index (χ3v) is 6.88. The molecule has 0 radical (unpaired) electrons. The van der Waals surface area contributed by atoms with Gasteiger partial charge in [-0.1, -0.05) is 41.5 Å². The zero-order chi connectivity index (χ0) is 29.1. The van der Waals surface area contributed by atoms with E-state index in [1.165, 1.54) is 0 Å². The Labute approximate surface area is 248 Å². The predicted molar refractivity (Wildman–Crippen MR) is 164 cm³/mol. The van der Waals surface area contributed by atoms with Crippen LogP contribution in [0.25, 0.3) is 0 Å². The van der Waals surface area contributed by atoms with E-state index >= 15 is 0 Å². The zero-order valence-electron chi connectivity index (χ0n) is 25.0. The van der Waals surface area contributed by atoms with Crippen LogP contribution in [0, 0.1) is 5.41 Å². The normalized spacial score (nSPS) is 13.1. The topological polar surface area (TPSA) is 112 Å². The second-order valence-electron chi connectivity index (χ2n) is 12.1. The van der Waals surface area contributed by atoms with Crippen LogP contribution in [0.2, 0.25) is 0 Å². The summed E-state index contributed by atoms with van der Waals surface area (Å²) in [5, 5.41) is 22.7. The number of nitrogens with one attached hydrogen (secondary N) is 2. The molecule has 2 aromatic carbocycles. The van der Waals surface area contributed by atoms with Crippen molar-refractivity contribution in [3.8, 4) is 11.5 Å². The number of hydrogen-bond donors (Lipinski definition) is 3. The molecule has 0 aliphatic carbocycles. The number of carbonyl (C=O) groups excluding carboxylic acids is 2. The third kappa shape index (κ3) is 7.43. The first-order chi connectivity index (χ1) is 18.2. The highest BCUT2D eigenvalue weighted by Crippen LogP contribution is 2.40. The highest BCUT2D eigenvalue weighted by atomic mass is 79.9. The molecule has 0 aromatic heterocycles. The second-order valence-corrected chi connectivity index (χ2v) is 12.1. The number of hydrogen-bond acceptors (Lipinski definition) is 6. The molecule has 0 saturated carbocycles. The Morgan fingerprint density at radius 1 is 1.05 bits per heavy atom. The largest absolute Gasteiger partial charge is 0.507 e. The van der Waals surface area contributed by atoms with Crippen molar-refractivity contribution in [1.82, 2.24) is 10.2 Å². The first kappa shape index (κ1) is 33.3. The van der Waals surface area contributed by atoms with E-state index in [9.17, 15) is 14.7 Å². The van der Waals surface area contributed by atoms with Gasteiger partial charge in [-0.25, -0.2) is 0 Å². The number of Topliss-reactive ketones (excluding diaryl/α,β-unsaturated/α-hetero) is 1. The highest BCUT2D eigenvalue weighted by Gasteiger charge is 2.31. The number of rotatable bonds is 10. The summed E-state index contributed by atoms with van der Waals surface area (Å²) in [6.45, 7) is 15.7. The molecule has 8 nitrogen and oxygen atoms in total. The van der Waals surface area contributed by atoms with Gasteiger partial charge in [-0.15, -0.1) is 17.0 Å². The van der Waals surface area contributed by atoms with Gasteiger partial charge in [-0.05, 0) is 54.0 Å². The minimum atomic E-state index is -0.354. The molecule has 1 aliphatic heterocycles. The molecule has 1 amide bonds. The van der Waals surface area contributed by atoms with Crippen LogP contribution < -0.4 is 10.1 Å². The van der Waals surface area contributed by atoms with Crippen LogP contribution in [-0.2, 0) is 22.1 Å². The lowest BCUT2D eigenvalue weighted by atomic mass is 9.78. The molecule has 0 spiro atoms. The average Bonchev–Trinajstić information content (AvgIpc) is 3.14. The van der Waals surface area contributed by atoms with Crippen molar-refractivity contribution in [2.75, 3.05) is 33.4 Å². The summed E-state index contributed by atoms with van der Waals surface area (Å²) >= 11 is 0. The molecule has 0 saturated heterocycles. The van der Waals surface area contributed by atoms with Crippen molar-refractivity contribution in [3.05, 3.63) is 57.6 Å². The standard InChI is InChI=1S/C31H43N3O5.BrH/c1-9-39-26-15-20-17-34(28(32)21(20)16-22(26)29(37)33-11-10-12-38-8)18-25(35)19-13-23(30(2,3)4)27(36)24(14-19)31(5,6)7;/h13-16,32,36H,9-12,17-18H2,1-8H3,(H,33,37);1H. The Morgan fingerprint density at radius 3 is 2.17 bits per heavy atom. The summed E-state index contributed by atoms with van der Waals surface area (Å²) in [5.74, 6) is 0.479. The molecule has 3 N–H and O–H groups in total. The Morgan fingerprint density at radius 2 is 1.65 bits per heavy atom. The fourth-order valence-electron chi connectivity index (χ4n) is 4.73. The maximum atomic E-state index is 13.6. The summed E-state index contributed by atoms with van der Waals surface area (Å²) < 4.78 is 10.8. The van der Waals surface area contributed by atoms with Crippen LogP contribution in [0.1, 0.15) is 97.9 Å². The minimum absolute atomic E-state index is 0.